The van der Waals surface area contributed by atoms with Gasteiger partial charge in [0.25, 0.3) is 5.91 Å². The Balaban J connectivity index is 1.50. The molecule has 1 N–H and O–H groups in total. The summed E-state index contributed by atoms with van der Waals surface area (Å²) in [5, 5.41) is 7.42. The fraction of sp³-hybridized carbons (Fsp3) is 0.227. The SMILES string of the molecule is COc1ccc(Cl)cc1NC(=O)C(C)OC(=O)CCc1cnn(-c2ccccc2)c1. The van der Waals surface area contributed by atoms with Crippen LogP contribution in [-0.4, -0.2) is 34.9 Å². The molecule has 1 unspecified atom stereocenters. The van der Waals surface area contributed by atoms with Crippen molar-refractivity contribution in [3.05, 3.63) is 71.5 Å². The van der Waals surface area contributed by atoms with E-state index in [9.17, 15) is 9.59 Å². The molecule has 1 atom stereocenters. The molecule has 0 aliphatic rings. The number of aryl methyl sites for hydroxylation is 1. The molecule has 8 heteroatoms. The van der Waals surface area contributed by atoms with Crippen LogP contribution in [0.4, 0.5) is 5.69 Å². The van der Waals surface area contributed by atoms with Crippen LogP contribution in [0, 0.1) is 0 Å². The largest absolute Gasteiger partial charge is 0.495 e. The Kier molecular flexibility index (Phi) is 7.08. The van der Waals surface area contributed by atoms with Crippen LogP contribution in [0.25, 0.3) is 5.69 Å². The van der Waals surface area contributed by atoms with Crippen LogP contribution in [0.5, 0.6) is 5.75 Å². The molecule has 0 spiro atoms. The Labute approximate surface area is 179 Å². The number of carbonyl (C=O) groups excluding carboxylic acids is 2. The highest BCUT2D eigenvalue weighted by molar-refractivity contribution is 6.31. The summed E-state index contributed by atoms with van der Waals surface area (Å²) in [6.45, 7) is 1.51. The molecule has 7 nitrogen and oxygen atoms in total. The van der Waals surface area contributed by atoms with Crippen molar-refractivity contribution in [2.24, 2.45) is 0 Å². The maximum Gasteiger partial charge on any atom is 0.306 e. The van der Waals surface area contributed by atoms with E-state index in [0.717, 1.165) is 11.3 Å². The summed E-state index contributed by atoms with van der Waals surface area (Å²) in [6.07, 6.45) is 3.21. The average Bonchev–Trinajstić information content (AvgIpc) is 3.22. The lowest BCUT2D eigenvalue weighted by molar-refractivity contribution is -0.153. The predicted molar refractivity (Wildman–Crippen MR) is 114 cm³/mol. The van der Waals surface area contributed by atoms with Crippen molar-refractivity contribution in [1.82, 2.24) is 9.78 Å². The third kappa shape index (κ3) is 5.61. The summed E-state index contributed by atoms with van der Waals surface area (Å²) in [5.74, 6) is -0.481. The zero-order chi connectivity index (χ0) is 21.5. The molecule has 3 aromatic rings. The third-order valence-corrected chi connectivity index (χ3v) is 4.61. The van der Waals surface area contributed by atoms with Gasteiger partial charge in [-0.2, -0.15) is 5.10 Å². The second kappa shape index (κ2) is 9.93. The van der Waals surface area contributed by atoms with Crippen molar-refractivity contribution in [3.63, 3.8) is 0 Å². The van der Waals surface area contributed by atoms with E-state index in [0.29, 0.717) is 22.9 Å². The fourth-order valence-electron chi connectivity index (χ4n) is 2.78. The first-order chi connectivity index (χ1) is 14.5. The number of amides is 1. The quantitative estimate of drug-likeness (QED) is 0.548. The number of benzene rings is 2. The van der Waals surface area contributed by atoms with Gasteiger partial charge in [-0.05, 0) is 49.2 Å². The number of rotatable bonds is 8. The number of esters is 1. The summed E-state index contributed by atoms with van der Waals surface area (Å²) in [6, 6.07) is 14.5. The Morgan fingerprint density at radius 1 is 1.20 bits per heavy atom. The molecule has 156 valence electrons. The van der Waals surface area contributed by atoms with E-state index in [1.807, 2.05) is 36.5 Å². The number of hydrogen-bond donors (Lipinski definition) is 1. The van der Waals surface area contributed by atoms with Crippen LogP contribution < -0.4 is 10.1 Å². The summed E-state index contributed by atoms with van der Waals surface area (Å²) >= 11 is 5.96. The molecule has 0 radical (unpaired) electrons. The van der Waals surface area contributed by atoms with Crippen LogP contribution in [0.2, 0.25) is 5.02 Å². The molecule has 0 saturated heterocycles. The number of hydrogen-bond acceptors (Lipinski definition) is 5. The number of nitrogens with zero attached hydrogens (tertiary/aromatic N) is 2. The number of methoxy groups -OCH3 is 1. The first-order valence-electron chi connectivity index (χ1n) is 9.39. The second-order valence-corrected chi connectivity index (χ2v) is 7.03. The van der Waals surface area contributed by atoms with E-state index in [4.69, 9.17) is 21.1 Å². The number of ether oxygens (including phenoxy) is 2. The molecule has 1 aromatic heterocycles. The van der Waals surface area contributed by atoms with E-state index in [2.05, 4.69) is 10.4 Å². The van der Waals surface area contributed by atoms with Gasteiger partial charge in [-0.1, -0.05) is 29.8 Å². The molecule has 30 heavy (non-hydrogen) atoms. The standard InChI is InChI=1S/C22H22ClN3O4/c1-15(22(28)25-19-12-17(23)9-10-20(19)29-2)30-21(27)11-8-16-13-24-26(14-16)18-6-4-3-5-7-18/h3-7,9-10,12-15H,8,11H2,1-2H3,(H,25,28). The lowest BCUT2D eigenvalue weighted by Crippen LogP contribution is -2.30. The Morgan fingerprint density at radius 2 is 1.97 bits per heavy atom. The van der Waals surface area contributed by atoms with Gasteiger partial charge < -0.3 is 14.8 Å². The van der Waals surface area contributed by atoms with E-state index < -0.39 is 18.0 Å². The van der Waals surface area contributed by atoms with Gasteiger partial charge in [-0.25, -0.2) is 4.68 Å². The topological polar surface area (TPSA) is 82.4 Å². The molecule has 0 aliphatic carbocycles. The van der Waals surface area contributed by atoms with Gasteiger partial charge in [0.1, 0.15) is 5.75 Å². The van der Waals surface area contributed by atoms with Crippen molar-refractivity contribution in [3.8, 4) is 11.4 Å². The molecule has 0 bridgehead atoms. The summed E-state index contributed by atoms with van der Waals surface area (Å²) in [4.78, 5) is 24.5. The highest BCUT2D eigenvalue weighted by Crippen LogP contribution is 2.27. The van der Waals surface area contributed by atoms with Gasteiger partial charge in [0.05, 0.1) is 24.7 Å². The highest BCUT2D eigenvalue weighted by Gasteiger charge is 2.19. The van der Waals surface area contributed by atoms with Crippen molar-refractivity contribution < 1.29 is 19.1 Å². The van der Waals surface area contributed by atoms with Crippen LogP contribution >= 0.6 is 11.6 Å². The Hall–Kier alpha value is -3.32. The molecule has 1 heterocycles. The zero-order valence-corrected chi connectivity index (χ0v) is 17.4. The Bertz CT molecular complexity index is 1020. The van der Waals surface area contributed by atoms with Crippen molar-refractivity contribution in [1.29, 1.82) is 0 Å². The number of aromatic nitrogens is 2. The first kappa shape index (κ1) is 21.4. The van der Waals surface area contributed by atoms with Gasteiger partial charge in [0, 0.05) is 17.6 Å². The van der Waals surface area contributed by atoms with Gasteiger partial charge in [-0.15, -0.1) is 0 Å². The van der Waals surface area contributed by atoms with E-state index >= 15 is 0 Å². The van der Waals surface area contributed by atoms with E-state index in [1.165, 1.54) is 14.0 Å². The summed E-state index contributed by atoms with van der Waals surface area (Å²) in [5.41, 5.74) is 2.25. The lowest BCUT2D eigenvalue weighted by atomic mass is 10.2. The Morgan fingerprint density at radius 3 is 2.70 bits per heavy atom. The molecular weight excluding hydrogens is 406 g/mol. The summed E-state index contributed by atoms with van der Waals surface area (Å²) in [7, 11) is 1.49. The minimum Gasteiger partial charge on any atom is -0.495 e. The monoisotopic (exact) mass is 427 g/mol. The van der Waals surface area contributed by atoms with Crippen LogP contribution in [0.3, 0.4) is 0 Å². The zero-order valence-electron chi connectivity index (χ0n) is 16.7. The van der Waals surface area contributed by atoms with Crippen molar-refractivity contribution in [2.75, 3.05) is 12.4 Å². The molecule has 0 fully saturated rings. The lowest BCUT2D eigenvalue weighted by Gasteiger charge is -2.15. The third-order valence-electron chi connectivity index (χ3n) is 4.37. The second-order valence-electron chi connectivity index (χ2n) is 6.59. The van der Waals surface area contributed by atoms with Gasteiger partial charge >= 0.3 is 5.97 Å². The molecule has 2 aromatic carbocycles. The first-order valence-corrected chi connectivity index (χ1v) is 9.77. The van der Waals surface area contributed by atoms with E-state index in [-0.39, 0.29) is 6.42 Å². The number of para-hydroxylation sites is 1. The van der Waals surface area contributed by atoms with Gasteiger partial charge in [-0.3, -0.25) is 9.59 Å². The van der Waals surface area contributed by atoms with Crippen LogP contribution in [0.1, 0.15) is 18.9 Å². The molecule has 0 saturated carbocycles. The molecule has 1 amide bonds. The van der Waals surface area contributed by atoms with Gasteiger partial charge in [0.15, 0.2) is 6.10 Å². The maximum atomic E-state index is 12.4. The maximum absolute atomic E-state index is 12.4. The van der Waals surface area contributed by atoms with Crippen molar-refractivity contribution in [2.45, 2.75) is 25.9 Å². The smallest absolute Gasteiger partial charge is 0.306 e. The van der Waals surface area contributed by atoms with E-state index in [1.54, 1.807) is 29.1 Å². The van der Waals surface area contributed by atoms with Crippen LogP contribution in [0.15, 0.2) is 60.9 Å². The predicted octanol–water partition coefficient (Wildman–Crippen LogP) is 4.04. The van der Waals surface area contributed by atoms with Gasteiger partial charge in [0.2, 0.25) is 0 Å². The molecule has 3 rings (SSSR count). The number of anilines is 1. The van der Waals surface area contributed by atoms with Crippen molar-refractivity contribution >= 4 is 29.2 Å². The minimum atomic E-state index is -0.965. The molecular formula is C22H22ClN3O4. The van der Waals surface area contributed by atoms with Crippen LogP contribution in [-0.2, 0) is 20.7 Å². The number of carbonyl (C=O) groups is 2. The molecule has 0 aliphatic heterocycles. The number of halogens is 1. The minimum absolute atomic E-state index is 0.137. The summed E-state index contributed by atoms with van der Waals surface area (Å²) < 4.78 is 12.2. The fourth-order valence-corrected chi connectivity index (χ4v) is 2.95. The highest BCUT2D eigenvalue weighted by atomic mass is 35.5. The average molecular weight is 428 g/mol. The normalized spacial score (nSPS) is 11.6. The number of nitrogens with one attached hydrogen (secondary N) is 1.